The maximum absolute atomic E-state index is 12.5. The zero-order valence-corrected chi connectivity index (χ0v) is 12.8. The first kappa shape index (κ1) is 16.4. The number of amides is 1. The van der Waals surface area contributed by atoms with Gasteiger partial charge in [0.2, 0.25) is 0 Å². The summed E-state index contributed by atoms with van der Waals surface area (Å²) in [5.41, 5.74) is 2.13. The lowest BCUT2D eigenvalue weighted by Gasteiger charge is -2.21. The smallest absolute Gasteiger partial charge is 0.251 e. The van der Waals surface area contributed by atoms with Gasteiger partial charge < -0.3 is 9.64 Å². The van der Waals surface area contributed by atoms with E-state index in [4.69, 9.17) is 10.00 Å². The first-order chi connectivity index (χ1) is 11.2. The molecule has 1 aromatic carbocycles. The Bertz CT molecular complexity index is 703. The maximum atomic E-state index is 12.5. The number of rotatable bonds is 6. The number of aromatic nitrogens is 1. The van der Waals surface area contributed by atoms with E-state index in [1.165, 1.54) is 6.08 Å². The Hall–Kier alpha value is -2.97. The molecule has 0 atom stereocenters. The van der Waals surface area contributed by atoms with E-state index in [9.17, 15) is 4.79 Å². The Kier molecular flexibility index (Phi) is 6.04. The van der Waals surface area contributed by atoms with E-state index in [0.29, 0.717) is 18.7 Å². The van der Waals surface area contributed by atoms with Crippen molar-refractivity contribution in [3.05, 3.63) is 66.0 Å². The summed E-state index contributed by atoms with van der Waals surface area (Å²) in [6.45, 7) is 0.852. The van der Waals surface area contributed by atoms with Gasteiger partial charge in [0, 0.05) is 37.8 Å². The van der Waals surface area contributed by atoms with Gasteiger partial charge >= 0.3 is 0 Å². The molecule has 0 saturated carbocycles. The molecule has 5 heteroatoms. The van der Waals surface area contributed by atoms with Crippen LogP contribution in [-0.2, 0) is 9.53 Å². The number of ether oxygens (including phenoxy) is 1. The van der Waals surface area contributed by atoms with Crippen molar-refractivity contribution in [2.24, 2.45) is 0 Å². The molecule has 0 fully saturated rings. The highest BCUT2D eigenvalue weighted by Gasteiger charge is 2.13. The molecule has 23 heavy (non-hydrogen) atoms. The molecule has 0 bridgehead atoms. The quantitative estimate of drug-likeness (QED) is 0.770. The molecule has 2 rings (SSSR count). The first-order valence-electron chi connectivity index (χ1n) is 7.13. The van der Waals surface area contributed by atoms with Gasteiger partial charge in [-0.05, 0) is 42.0 Å². The molecule has 1 aromatic heterocycles. The minimum Gasteiger partial charge on any atom is -0.383 e. The monoisotopic (exact) mass is 307 g/mol. The fourth-order valence-corrected chi connectivity index (χ4v) is 2.00. The van der Waals surface area contributed by atoms with E-state index < -0.39 is 0 Å². The van der Waals surface area contributed by atoms with Crippen LogP contribution < -0.4 is 4.90 Å². The molecule has 0 aliphatic heterocycles. The third kappa shape index (κ3) is 4.77. The second-order valence-corrected chi connectivity index (χ2v) is 4.76. The van der Waals surface area contributed by atoms with Gasteiger partial charge in [-0.15, -0.1) is 0 Å². The summed E-state index contributed by atoms with van der Waals surface area (Å²) in [5.74, 6) is -0.157. The molecule has 0 aliphatic carbocycles. The van der Waals surface area contributed by atoms with Crippen LogP contribution in [0.3, 0.4) is 0 Å². The second kappa shape index (κ2) is 8.47. The predicted molar refractivity (Wildman–Crippen MR) is 88.7 cm³/mol. The average Bonchev–Trinajstić information content (AvgIpc) is 2.61. The summed E-state index contributed by atoms with van der Waals surface area (Å²) >= 11 is 0. The highest BCUT2D eigenvalue weighted by atomic mass is 16.5. The Labute approximate surface area is 135 Å². The van der Waals surface area contributed by atoms with Crippen LogP contribution in [0.5, 0.6) is 0 Å². The van der Waals surface area contributed by atoms with Crippen LogP contribution in [-0.4, -0.2) is 31.2 Å². The summed E-state index contributed by atoms with van der Waals surface area (Å²) in [7, 11) is 1.59. The lowest BCUT2D eigenvalue weighted by Crippen LogP contribution is -2.32. The summed E-state index contributed by atoms with van der Waals surface area (Å²) in [4.78, 5) is 18.1. The SMILES string of the molecule is COCCN(C(=O)/C=C\c1cccnc1)c1ccc(C#N)cc1. The van der Waals surface area contributed by atoms with Crippen LogP contribution in [0.15, 0.2) is 54.9 Å². The van der Waals surface area contributed by atoms with Gasteiger partial charge in [0.15, 0.2) is 0 Å². The van der Waals surface area contributed by atoms with Crippen molar-refractivity contribution < 1.29 is 9.53 Å². The fraction of sp³-hybridized carbons (Fsp3) is 0.167. The molecule has 1 amide bonds. The molecule has 0 aliphatic rings. The largest absolute Gasteiger partial charge is 0.383 e. The van der Waals surface area contributed by atoms with Crippen LogP contribution in [0.2, 0.25) is 0 Å². The van der Waals surface area contributed by atoms with Crippen molar-refractivity contribution in [2.75, 3.05) is 25.2 Å². The number of methoxy groups -OCH3 is 1. The summed E-state index contributed by atoms with van der Waals surface area (Å²) < 4.78 is 5.07. The molecule has 0 N–H and O–H groups in total. The van der Waals surface area contributed by atoms with E-state index in [2.05, 4.69) is 11.1 Å². The minimum absolute atomic E-state index is 0.157. The van der Waals surface area contributed by atoms with Crippen molar-refractivity contribution in [2.45, 2.75) is 0 Å². The van der Waals surface area contributed by atoms with Gasteiger partial charge in [-0.2, -0.15) is 5.26 Å². The number of nitriles is 1. The highest BCUT2D eigenvalue weighted by Crippen LogP contribution is 2.16. The molecule has 0 unspecified atom stereocenters. The molecular weight excluding hydrogens is 290 g/mol. The van der Waals surface area contributed by atoms with Gasteiger partial charge in [-0.25, -0.2) is 0 Å². The number of anilines is 1. The summed E-state index contributed by atoms with van der Waals surface area (Å²) in [6, 6.07) is 12.6. The predicted octanol–water partition coefficient (Wildman–Crippen LogP) is 2.65. The summed E-state index contributed by atoms with van der Waals surface area (Å²) in [5, 5.41) is 8.86. The molecule has 5 nitrogen and oxygen atoms in total. The maximum Gasteiger partial charge on any atom is 0.251 e. The third-order valence-electron chi connectivity index (χ3n) is 3.20. The molecule has 0 radical (unpaired) electrons. The lowest BCUT2D eigenvalue weighted by atomic mass is 10.2. The van der Waals surface area contributed by atoms with Gasteiger partial charge in [0.25, 0.3) is 5.91 Å². The van der Waals surface area contributed by atoms with E-state index in [-0.39, 0.29) is 5.91 Å². The van der Waals surface area contributed by atoms with Crippen molar-refractivity contribution >= 4 is 17.7 Å². The standard InChI is InChI=1S/C18H17N3O2/c1-23-12-11-21(17-7-4-15(13-19)5-8-17)18(22)9-6-16-3-2-10-20-14-16/h2-10,14H,11-12H2,1H3/b9-6-. The van der Waals surface area contributed by atoms with E-state index in [1.807, 2.05) is 12.1 Å². The van der Waals surface area contributed by atoms with Crippen LogP contribution in [0, 0.1) is 11.3 Å². The summed E-state index contributed by atoms with van der Waals surface area (Å²) in [6.07, 6.45) is 6.59. The van der Waals surface area contributed by atoms with Gasteiger partial charge in [-0.3, -0.25) is 9.78 Å². The molecular formula is C18H17N3O2. The fourth-order valence-electron chi connectivity index (χ4n) is 2.00. The molecule has 0 saturated heterocycles. The van der Waals surface area contributed by atoms with Crippen molar-refractivity contribution in [1.29, 1.82) is 5.26 Å². The normalized spacial score (nSPS) is 10.4. The van der Waals surface area contributed by atoms with Crippen molar-refractivity contribution in [3.63, 3.8) is 0 Å². The van der Waals surface area contributed by atoms with Crippen molar-refractivity contribution in [3.8, 4) is 6.07 Å². The molecule has 0 spiro atoms. The Morgan fingerprint density at radius 2 is 2.13 bits per heavy atom. The topological polar surface area (TPSA) is 66.2 Å². The Morgan fingerprint density at radius 3 is 2.74 bits per heavy atom. The molecule has 1 heterocycles. The van der Waals surface area contributed by atoms with Crippen LogP contribution in [0.25, 0.3) is 6.08 Å². The van der Waals surface area contributed by atoms with E-state index in [0.717, 1.165) is 11.3 Å². The lowest BCUT2D eigenvalue weighted by molar-refractivity contribution is -0.114. The average molecular weight is 307 g/mol. The Balaban J connectivity index is 2.18. The highest BCUT2D eigenvalue weighted by molar-refractivity contribution is 6.03. The number of pyridine rings is 1. The third-order valence-corrected chi connectivity index (χ3v) is 3.20. The van der Waals surface area contributed by atoms with Crippen LogP contribution >= 0.6 is 0 Å². The van der Waals surface area contributed by atoms with Crippen LogP contribution in [0.4, 0.5) is 5.69 Å². The zero-order valence-electron chi connectivity index (χ0n) is 12.8. The molecule has 2 aromatic rings. The number of carbonyl (C=O) groups is 1. The minimum atomic E-state index is -0.157. The number of hydrogen-bond donors (Lipinski definition) is 0. The zero-order chi connectivity index (χ0) is 16.5. The molecule has 116 valence electrons. The number of benzene rings is 1. The van der Waals surface area contributed by atoms with Crippen LogP contribution in [0.1, 0.15) is 11.1 Å². The van der Waals surface area contributed by atoms with E-state index >= 15 is 0 Å². The van der Waals surface area contributed by atoms with E-state index in [1.54, 1.807) is 54.7 Å². The van der Waals surface area contributed by atoms with Gasteiger partial charge in [0.05, 0.1) is 18.2 Å². The van der Waals surface area contributed by atoms with Gasteiger partial charge in [0.1, 0.15) is 0 Å². The van der Waals surface area contributed by atoms with Crippen molar-refractivity contribution in [1.82, 2.24) is 4.98 Å². The number of hydrogen-bond acceptors (Lipinski definition) is 4. The Morgan fingerprint density at radius 1 is 1.35 bits per heavy atom. The number of carbonyl (C=O) groups excluding carboxylic acids is 1. The first-order valence-corrected chi connectivity index (χ1v) is 7.13. The number of nitrogens with zero attached hydrogens (tertiary/aromatic N) is 3. The van der Waals surface area contributed by atoms with Gasteiger partial charge in [-0.1, -0.05) is 6.07 Å². The second-order valence-electron chi connectivity index (χ2n) is 4.76.